The number of carbonyl (C=O) groups excluding carboxylic acids is 1. The van der Waals surface area contributed by atoms with E-state index < -0.39 is 0 Å². The van der Waals surface area contributed by atoms with Crippen molar-refractivity contribution < 1.29 is 19.0 Å². The summed E-state index contributed by atoms with van der Waals surface area (Å²) in [6, 6.07) is 6.73. The summed E-state index contributed by atoms with van der Waals surface area (Å²) >= 11 is 0. The number of halogens is 1. The zero-order valence-corrected chi connectivity index (χ0v) is 17.0. The number of hydrogen-bond acceptors (Lipinski definition) is 5. The second-order valence-corrected chi connectivity index (χ2v) is 7.28. The highest BCUT2D eigenvalue weighted by molar-refractivity contribution is 5.85. The van der Waals surface area contributed by atoms with E-state index in [2.05, 4.69) is 10.6 Å². The third kappa shape index (κ3) is 6.47. The molecule has 3 rings (SSSR count). The average molecular weight is 399 g/mol. The fourth-order valence-electron chi connectivity index (χ4n) is 4.03. The molecule has 6 nitrogen and oxygen atoms in total. The number of fused-ring (bicyclic) bond motifs is 2. The van der Waals surface area contributed by atoms with Gasteiger partial charge in [-0.25, -0.2) is 0 Å². The minimum absolute atomic E-state index is 0. The Labute approximate surface area is 167 Å². The SMILES string of the molecule is COc1cc(OC)cc(OCCCNC(=O)CC2CC3CCC(C2)N3)c1.Cl. The van der Waals surface area contributed by atoms with Crippen LogP contribution >= 0.6 is 12.4 Å². The summed E-state index contributed by atoms with van der Waals surface area (Å²) in [4.78, 5) is 12.1. The molecule has 7 heteroatoms. The lowest BCUT2D eigenvalue weighted by molar-refractivity contribution is -0.122. The van der Waals surface area contributed by atoms with Gasteiger partial charge >= 0.3 is 0 Å². The van der Waals surface area contributed by atoms with Crippen LogP contribution in [0, 0.1) is 5.92 Å². The zero-order valence-electron chi connectivity index (χ0n) is 16.2. The molecule has 2 unspecified atom stereocenters. The number of methoxy groups -OCH3 is 2. The molecule has 2 aliphatic heterocycles. The minimum Gasteiger partial charge on any atom is -0.496 e. The zero-order chi connectivity index (χ0) is 18.4. The maximum Gasteiger partial charge on any atom is 0.220 e. The maximum absolute atomic E-state index is 12.1. The van der Waals surface area contributed by atoms with E-state index in [9.17, 15) is 4.79 Å². The second kappa shape index (κ2) is 10.6. The van der Waals surface area contributed by atoms with Crippen LogP contribution in [0.3, 0.4) is 0 Å². The van der Waals surface area contributed by atoms with Crippen LogP contribution < -0.4 is 24.8 Å². The minimum atomic E-state index is 0. The summed E-state index contributed by atoms with van der Waals surface area (Å²) in [5, 5.41) is 6.64. The first-order valence-electron chi connectivity index (χ1n) is 9.55. The predicted molar refractivity (Wildman–Crippen MR) is 107 cm³/mol. The van der Waals surface area contributed by atoms with Crippen LogP contribution in [0.25, 0.3) is 0 Å². The van der Waals surface area contributed by atoms with Crippen LogP contribution in [-0.2, 0) is 4.79 Å². The van der Waals surface area contributed by atoms with Crippen LogP contribution in [0.15, 0.2) is 18.2 Å². The largest absolute Gasteiger partial charge is 0.496 e. The van der Waals surface area contributed by atoms with Gasteiger partial charge in [-0.1, -0.05) is 0 Å². The number of nitrogens with one attached hydrogen (secondary N) is 2. The number of hydrogen-bond donors (Lipinski definition) is 2. The highest BCUT2D eigenvalue weighted by atomic mass is 35.5. The van der Waals surface area contributed by atoms with Gasteiger partial charge in [0.25, 0.3) is 0 Å². The lowest BCUT2D eigenvalue weighted by atomic mass is 9.89. The molecular weight excluding hydrogens is 368 g/mol. The first-order chi connectivity index (χ1) is 12.7. The number of carbonyl (C=O) groups is 1. The van der Waals surface area contributed by atoms with Crippen LogP contribution in [0.2, 0.25) is 0 Å². The highest BCUT2D eigenvalue weighted by Crippen LogP contribution is 2.32. The number of piperidine rings is 1. The lowest BCUT2D eigenvalue weighted by Crippen LogP contribution is -2.39. The van der Waals surface area contributed by atoms with Crippen molar-refractivity contribution in [2.24, 2.45) is 5.92 Å². The predicted octanol–water partition coefficient (Wildman–Crippen LogP) is 2.93. The van der Waals surface area contributed by atoms with Gasteiger partial charge in [-0.15, -0.1) is 12.4 Å². The topological polar surface area (TPSA) is 68.8 Å². The molecule has 1 aromatic carbocycles. The Morgan fingerprint density at radius 2 is 1.67 bits per heavy atom. The summed E-state index contributed by atoms with van der Waals surface area (Å²) in [6.07, 6.45) is 6.26. The monoisotopic (exact) mass is 398 g/mol. The van der Waals surface area contributed by atoms with Crippen molar-refractivity contribution in [1.29, 1.82) is 0 Å². The lowest BCUT2D eigenvalue weighted by Gasteiger charge is -2.28. The molecule has 0 saturated carbocycles. The molecule has 1 aromatic rings. The Balaban J connectivity index is 0.00000261. The third-order valence-corrected chi connectivity index (χ3v) is 5.28. The van der Waals surface area contributed by atoms with Gasteiger partial charge in [-0.3, -0.25) is 4.79 Å². The van der Waals surface area contributed by atoms with Gasteiger partial charge in [0, 0.05) is 43.2 Å². The fourth-order valence-corrected chi connectivity index (χ4v) is 4.03. The number of ether oxygens (including phenoxy) is 3. The van der Waals surface area contributed by atoms with E-state index in [0.29, 0.717) is 54.8 Å². The normalized spacial score (nSPS) is 23.3. The summed E-state index contributed by atoms with van der Waals surface area (Å²) < 4.78 is 16.2. The van der Waals surface area contributed by atoms with Crippen LogP contribution in [0.4, 0.5) is 0 Å². The standard InChI is InChI=1S/C20H30N2O4.ClH/c1-24-17-11-18(25-2)13-19(12-17)26-7-3-6-21-20(23)10-14-8-15-4-5-16(9-14)22-15;/h11-16,22H,3-10H2,1-2H3,(H,21,23);1H. The van der Waals surface area contributed by atoms with Crippen molar-refractivity contribution in [3.8, 4) is 17.2 Å². The van der Waals surface area contributed by atoms with Crippen LogP contribution in [0.1, 0.15) is 38.5 Å². The molecule has 27 heavy (non-hydrogen) atoms. The maximum atomic E-state index is 12.1. The van der Waals surface area contributed by atoms with E-state index in [0.717, 1.165) is 19.3 Å². The van der Waals surface area contributed by atoms with Gasteiger partial charge in [0.15, 0.2) is 0 Å². The molecule has 2 fully saturated rings. The fraction of sp³-hybridized carbons (Fsp3) is 0.650. The molecule has 0 radical (unpaired) electrons. The molecule has 2 bridgehead atoms. The van der Waals surface area contributed by atoms with Gasteiger partial charge in [-0.2, -0.15) is 0 Å². The van der Waals surface area contributed by atoms with E-state index in [1.807, 2.05) is 12.1 Å². The first kappa shape index (κ1) is 21.6. The molecule has 1 amide bonds. The Morgan fingerprint density at radius 3 is 2.26 bits per heavy atom. The van der Waals surface area contributed by atoms with Crippen molar-refractivity contribution in [2.45, 2.75) is 50.6 Å². The van der Waals surface area contributed by atoms with Crippen LogP contribution in [-0.4, -0.2) is 45.4 Å². The van der Waals surface area contributed by atoms with Gasteiger partial charge in [0.05, 0.1) is 20.8 Å². The van der Waals surface area contributed by atoms with Gasteiger partial charge < -0.3 is 24.8 Å². The molecule has 2 saturated heterocycles. The molecule has 2 N–H and O–H groups in total. The Morgan fingerprint density at radius 1 is 1.07 bits per heavy atom. The quantitative estimate of drug-likeness (QED) is 0.626. The van der Waals surface area contributed by atoms with Gasteiger partial charge in [0.1, 0.15) is 17.2 Å². The Hall–Kier alpha value is -1.66. The van der Waals surface area contributed by atoms with Crippen molar-refractivity contribution in [2.75, 3.05) is 27.4 Å². The molecule has 0 aromatic heterocycles. The van der Waals surface area contributed by atoms with E-state index in [1.54, 1.807) is 20.3 Å². The third-order valence-electron chi connectivity index (χ3n) is 5.28. The Bertz CT molecular complexity index is 579. The molecule has 0 aliphatic carbocycles. The number of amides is 1. The average Bonchev–Trinajstić information content (AvgIpc) is 2.99. The summed E-state index contributed by atoms with van der Waals surface area (Å²) in [6.45, 7) is 1.17. The number of rotatable bonds is 9. The van der Waals surface area contributed by atoms with E-state index in [4.69, 9.17) is 14.2 Å². The first-order valence-corrected chi connectivity index (χ1v) is 9.55. The molecule has 2 aliphatic rings. The molecule has 0 spiro atoms. The molecular formula is C20H31ClN2O4. The van der Waals surface area contributed by atoms with Crippen LogP contribution in [0.5, 0.6) is 17.2 Å². The van der Waals surface area contributed by atoms with Crippen molar-refractivity contribution in [1.82, 2.24) is 10.6 Å². The van der Waals surface area contributed by atoms with E-state index >= 15 is 0 Å². The smallest absolute Gasteiger partial charge is 0.220 e. The van der Waals surface area contributed by atoms with Crippen molar-refractivity contribution in [3.63, 3.8) is 0 Å². The number of benzene rings is 1. The molecule has 2 heterocycles. The van der Waals surface area contributed by atoms with Crippen molar-refractivity contribution in [3.05, 3.63) is 18.2 Å². The summed E-state index contributed by atoms with van der Waals surface area (Å²) in [5.41, 5.74) is 0. The summed E-state index contributed by atoms with van der Waals surface area (Å²) in [7, 11) is 3.23. The van der Waals surface area contributed by atoms with Crippen molar-refractivity contribution >= 4 is 18.3 Å². The van der Waals surface area contributed by atoms with E-state index in [1.165, 1.54) is 12.8 Å². The van der Waals surface area contributed by atoms with Gasteiger partial charge in [-0.05, 0) is 38.0 Å². The Kier molecular flexibility index (Phi) is 8.51. The van der Waals surface area contributed by atoms with Gasteiger partial charge in [0.2, 0.25) is 5.91 Å². The highest BCUT2D eigenvalue weighted by Gasteiger charge is 2.34. The summed E-state index contributed by atoms with van der Waals surface area (Å²) in [5.74, 6) is 2.80. The molecule has 2 atom stereocenters. The van der Waals surface area contributed by atoms with E-state index in [-0.39, 0.29) is 18.3 Å². The second-order valence-electron chi connectivity index (χ2n) is 7.28. The molecule has 152 valence electrons.